The first kappa shape index (κ1) is 43.3. The number of fused-ring (bicyclic) bond motifs is 4. The van der Waals surface area contributed by atoms with E-state index in [4.69, 9.17) is 0 Å². The molecule has 0 bridgehead atoms. The summed E-state index contributed by atoms with van der Waals surface area (Å²) in [6.07, 6.45) is 6.42. The largest absolute Gasteiger partial charge is 0.310 e. The van der Waals surface area contributed by atoms with Gasteiger partial charge in [0.15, 0.2) is 0 Å². The molecule has 344 valence electrons. The molecule has 0 amide bonds. The number of hydrogen-bond acceptors (Lipinski definition) is 1. The fourth-order valence-electron chi connectivity index (χ4n) is 11.8. The van der Waals surface area contributed by atoms with E-state index in [9.17, 15) is 0 Å². The predicted molar refractivity (Wildman–Crippen MR) is 306 cm³/mol. The SMILES string of the molecule is c1ccc(-c2ccc(-c3ccc(N(c4cccc(-c5cccc6c7ccccc7n(-c7ccccc7)c56)c4)c4ccccc4-c4cccc5cccc(C6CCCCC6)c45)cc3)cc2-c2ccccc2)cc1. The lowest BCUT2D eigenvalue weighted by Crippen LogP contribution is -2.11. The van der Waals surface area contributed by atoms with E-state index in [1.54, 1.807) is 0 Å². The lowest BCUT2D eigenvalue weighted by molar-refractivity contribution is 0.445. The quantitative estimate of drug-likeness (QED) is 0.133. The first-order valence-corrected chi connectivity index (χ1v) is 25.7. The summed E-state index contributed by atoms with van der Waals surface area (Å²) in [4.78, 5) is 2.49. The van der Waals surface area contributed by atoms with Gasteiger partial charge < -0.3 is 9.47 Å². The van der Waals surface area contributed by atoms with Crippen LogP contribution in [-0.2, 0) is 0 Å². The number of aromatic nitrogens is 1. The van der Waals surface area contributed by atoms with Crippen LogP contribution in [0.2, 0.25) is 0 Å². The molecule has 0 N–H and O–H groups in total. The van der Waals surface area contributed by atoms with Crippen LogP contribution in [0.4, 0.5) is 17.1 Å². The fourth-order valence-corrected chi connectivity index (χ4v) is 11.8. The van der Waals surface area contributed by atoms with Crippen LogP contribution in [0.3, 0.4) is 0 Å². The Hall–Kier alpha value is -8.72. The number of anilines is 3. The number of hydrogen-bond donors (Lipinski definition) is 0. The monoisotopic (exact) mass is 922 g/mol. The number of para-hydroxylation sites is 4. The second-order valence-corrected chi connectivity index (χ2v) is 19.4. The molecule has 2 nitrogen and oxygen atoms in total. The van der Waals surface area contributed by atoms with Crippen molar-refractivity contribution in [2.75, 3.05) is 4.90 Å². The molecule has 1 saturated carbocycles. The Kier molecular flexibility index (Phi) is 11.4. The highest BCUT2D eigenvalue weighted by atomic mass is 15.1. The molecule has 72 heavy (non-hydrogen) atoms. The van der Waals surface area contributed by atoms with E-state index in [1.165, 1.54) is 120 Å². The van der Waals surface area contributed by atoms with Gasteiger partial charge in [-0.2, -0.15) is 0 Å². The number of rotatable bonds is 10. The molecule has 11 aromatic carbocycles. The zero-order valence-electron chi connectivity index (χ0n) is 40.3. The van der Waals surface area contributed by atoms with Crippen molar-refractivity contribution >= 4 is 49.6 Å². The van der Waals surface area contributed by atoms with Gasteiger partial charge in [0.25, 0.3) is 0 Å². The summed E-state index contributed by atoms with van der Waals surface area (Å²) in [6.45, 7) is 0. The molecule has 1 fully saturated rings. The average molecular weight is 923 g/mol. The second-order valence-electron chi connectivity index (χ2n) is 19.4. The van der Waals surface area contributed by atoms with Gasteiger partial charge in [0.1, 0.15) is 0 Å². The second kappa shape index (κ2) is 18.9. The van der Waals surface area contributed by atoms with Crippen molar-refractivity contribution in [2.24, 2.45) is 0 Å². The van der Waals surface area contributed by atoms with Gasteiger partial charge >= 0.3 is 0 Å². The van der Waals surface area contributed by atoms with Gasteiger partial charge in [0.05, 0.1) is 16.7 Å². The normalized spacial score (nSPS) is 12.9. The van der Waals surface area contributed by atoms with E-state index in [1.807, 2.05) is 0 Å². The summed E-state index contributed by atoms with van der Waals surface area (Å²) < 4.78 is 2.44. The Morgan fingerprint density at radius 3 is 1.74 bits per heavy atom. The highest BCUT2D eigenvalue weighted by Gasteiger charge is 2.24. The summed E-state index contributed by atoms with van der Waals surface area (Å²) in [5, 5.41) is 5.18. The molecule has 1 heterocycles. The van der Waals surface area contributed by atoms with Crippen molar-refractivity contribution in [2.45, 2.75) is 38.0 Å². The van der Waals surface area contributed by atoms with E-state index in [0.29, 0.717) is 5.92 Å². The van der Waals surface area contributed by atoms with E-state index in [2.05, 4.69) is 270 Å². The van der Waals surface area contributed by atoms with Gasteiger partial charge in [0, 0.05) is 39.0 Å². The van der Waals surface area contributed by atoms with Gasteiger partial charge in [0.2, 0.25) is 0 Å². The molecule has 12 aromatic rings. The number of benzene rings is 11. The van der Waals surface area contributed by atoms with Crippen LogP contribution in [0.25, 0.3) is 93.9 Å². The Bertz CT molecular complexity index is 3880. The molecule has 0 unspecified atom stereocenters. The molecule has 0 spiro atoms. The third-order valence-corrected chi connectivity index (χ3v) is 15.2. The minimum Gasteiger partial charge on any atom is -0.310 e. The molecule has 2 heteroatoms. The molecule has 0 radical (unpaired) electrons. The maximum atomic E-state index is 2.49. The summed E-state index contributed by atoms with van der Waals surface area (Å²) in [6, 6.07) is 96.3. The van der Waals surface area contributed by atoms with Crippen LogP contribution in [-0.4, -0.2) is 4.57 Å². The lowest BCUT2D eigenvalue weighted by atomic mass is 9.80. The van der Waals surface area contributed by atoms with E-state index in [0.717, 1.165) is 28.3 Å². The van der Waals surface area contributed by atoms with Crippen molar-refractivity contribution in [3.63, 3.8) is 0 Å². The van der Waals surface area contributed by atoms with Crippen LogP contribution in [0.5, 0.6) is 0 Å². The maximum Gasteiger partial charge on any atom is 0.0619 e. The van der Waals surface area contributed by atoms with Crippen molar-refractivity contribution in [3.05, 3.63) is 266 Å². The third-order valence-electron chi connectivity index (χ3n) is 15.2. The Balaban J connectivity index is 0.994. The molecule has 0 saturated heterocycles. The standard InChI is InChI=1S/C70H54N2/c1-5-21-50(22-6-1)59-46-43-54(48-66(59)52-25-9-3-10-26-52)49-41-44-57(45-42-49)71(67-39-15-13-33-62(67)64-37-19-28-53-27-18-35-60(69(53)64)51-23-7-2-8-24-51)58-32-17-29-55(47-58)61-36-20-38-65-63-34-14-16-40-68(63)72(70(61)65)56-30-11-4-12-31-56/h1,3-6,9-22,25-48,51H,2,7-8,23-24H2. The summed E-state index contributed by atoms with van der Waals surface area (Å²) >= 11 is 0. The average Bonchev–Trinajstić information content (AvgIpc) is 3.81. The topological polar surface area (TPSA) is 8.17 Å². The van der Waals surface area contributed by atoms with Gasteiger partial charge in [-0.25, -0.2) is 0 Å². The minimum absolute atomic E-state index is 0.564. The molecule has 0 atom stereocenters. The van der Waals surface area contributed by atoms with Crippen LogP contribution < -0.4 is 4.90 Å². The predicted octanol–water partition coefficient (Wildman–Crippen LogP) is 19.8. The highest BCUT2D eigenvalue weighted by molar-refractivity contribution is 6.14. The Morgan fingerprint density at radius 2 is 0.944 bits per heavy atom. The maximum absolute atomic E-state index is 2.49. The molecular weight excluding hydrogens is 869 g/mol. The highest BCUT2D eigenvalue weighted by Crippen LogP contribution is 2.48. The van der Waals surface area contributed by atoms with Gasteiger partial charge in [-0.15, -0.1) is 0 Å². The van der Waals surface area contributed by atoms with Crippen LogP contribution in [0, 0.1) is 0 Å². The van der Waals surface area contributed by atoms with Crippen molar-refractivity contribution in [1.82, 2.24) is 4.57 Å². The smallest absolute Gasteiger partial charge is 0.0619 e. The summed E-state index contributed by atoms with van der Waals surface area (Å²) in [5.41, 5.74) is 20.5. The van der Waals surface area contributed by atoms with Crippen molar-refractivity contribution < 1.29 is 0 Å². The van der Waals surface area contributed by atoms with Gasteiger partial charge in [-0.1, -0.05) is 226 Å². The lowest BCUT2D eigenvalue weighted by Gasteiger charge is -2.29. The van der Waals surface area contributed by atoms with E-state index < -0.39 is 0 Å². The summed E-state index contributed by atoms with van der Waals surface area (Å²) in [7, 11) is 0. The van der Waals surface area contributed by atoms with E-state index >= 15 is 0 Å². The minimum atomic E-state index is 0.564. The third kappa shape index (κ3) is 7.86. The first-order valence-electron chi connectivity index (χ1n) is 25.7. The van der Waals surface area contributed by atoms with Crippen molar-refractivity contribution in [3.8, 4) is 61.3 Å². The molecular formula is C70H54N2. The van der Waals surface area contributed by atoms with Gasteiger partial charge in [-0.3, -0.25) is 0 Å². The molecule has 0 aliphatic heterocycles. The first-order chi connectivity index (χ1) is 35.7. The van der Waals surface area contributed by atoms with Crippen LogP contribution in [0.15, 0.2) is 261 Å². The summed E-state index contributed by atoms with van der Waals surface area (Å²) in [5.74, 6) is 0.564. The molecule has 1 aromatic heterocycles. The Labute approximate surface area is 422 Å². The molecule has 1 aliphatic rings. The van der Waals surface area contributed by atoms with Crippen LogP contribution >= 0.6 is 0 Å². The fraction of sp³-hybridized carbons (Fsp3) is 0.0857. The van der Waals surface area contributed by atoms with E-state index in [-0.39, 0.29) is 0 Å². The van der Waals surface area contributed by atoms with Crippen LogP contribution in [0.1, 0.15) is 43.6 Å². The van der Waals surface area contributed by atoms with Gasteiger partial charge in [-0.05, 0) is 134 Å². The number of nitrogens with zero attached hydrogens (tertiary/aromatic N) is 2. The molecule has 1 aliphatic carbocycles. The zero-order chi connectivity index (χ0) is 47.8. The van der Waals surface area contributed by atoms with Crippen molar-refractivity contribution in [1.29, 1.82) is 0 Å². The zero-order valence-corrected chi connectivity index (χ0v) is 40.3. The molecule has 13 rings (SSSR count). The Morgan fingerprint density at radius 1 is 0.347 bits per heavy atom.